The average molecular weight is 162 g/mol. The second-order valence-electron chi connectivity index (χ2n) is 3.34. The molecule has 64 valence electrons. The molecule has 0 bridgehead atoms. The molecule has 0 fully saturated rings. The maximum absolute atomic E-state index is 5.75. The van der Waals surface area contributed by atoms with Crippen molar-refractivity contribution < 1.29 is 4.74 Å². The Balaban J connectivity index is 2.11. The van der Waals surface area contributed by atoms with E-state index >= 15 is 0 Å². The van der Waals surface area contributed by atoms with Crippen molar-refractivity contribution in [3.8, 4) is 5.75 Å². The first-order valence-electron chi connectivity index (χ1n) is 4.64. The highest BCUT2D eigenvalue weighted by molar-refractivity contribution is 5.37. The third kappa shape index (κ3) is 1.31. The van der Waals surface area contributed by atoms with Gasteiger partial charge >= 0.3 is 0 Å². The van der Waals surface area contributed by atoms with Crippen molar-refractivity contribution in [1.82, 2.24) is 0 Å². The molecule has 12 heavy (non-hydrogen) atoms. The first-order chi connectivity index (χ1) is 5.90. The Morgan fingerprint density at radius 2 is 2.25 bits per heavy atom. The van der Waals surface area contributed by atoms with Gasteiger partial charge in [0.15, 0.2) is 0 Å². The topological polar surface area (TPSA) is 9.23 Å². The molecule has 0 aromatic heterocycles. The van der Waals surface area contributed by atoms with E-state index < -0.39 is 0 Å². The molecule has 0 spiro atoms. The molecule has 1 aliphatic rings. The fourth-order valence-electron chi connectivity index (χ4n) is 1.74. The van der Waals surface area contributed by atoms with Crippen LogP contribution in [0.2, 0.25) is 0 Å². The van der Waals surface area contributed by atoms with Crippen LogP contribution in [-0.4, -0.2) is 6.10 Å². The van der Waals surface area contributed by atoms with Gasteiger partial charge in [-0.1, -0.05) is 31.5 Å². The minimum absolute atomic E-state index is 0.437. The van der Waals surface area contributed by atoms with Crippen LogP contribution in [-0.2, 0) is 6.42 Å². The molecule has 1 heteroatoms. The normalized spacial score (nSPS) is 20.2. The maximum Gasteiger partial charge on any atom is 0.123 e. The van der Waals surface area contributed by atoms with Crippen molar-refractivity contribution in [3.05, 3.63) is 29.8 Å². The molecular weight excluding hydrogens is 148 g/mol. The zero-order chi connectivity index (χ0) is 8.39. The molecule has 0 N–H and O–H groups in total. The monoisotopic (exact) mass is 162 g/mol. The summed E-state index contributed by atoms with van der Waals surface area (Å²) in [5.41, 5.74) is 1.37. The lowest BCUT2D eigenvalue weighted by atomic mass is 10.1. The first kappa shape index (κ1) is 7.66. The Bertz CT molecular complexity index is 242. The molecule has 1 atom stereocenters. The number of benzene rings is 1. The van der Waals surface area contributed by atoms with E-state index in [4.69, 9.17) is 4.74 Å². The largest absolute Gasteiger partial charge is 0.490 e. The van der Waals surface area contributed by atoms with Crippen LogP contribution in [0.3, 0.4) is 0 Å². The summed E-state index contributed by atoms with van der Waals surface area (Å²) in [6.07, 6.45) is 3.92. The zero-order valence-corrected chi connectivity index (χ0v) is 7.42. The molecule has 1 unspecified atom stereocenters. The Morgan fingerprint density at radius 1 is 1.42 bits per heavy atom. The lowest BCUT2D eigenvalue weighted by molar-refractivity contribution is 0.220. The lowest BCUT2D eigenvalue weighted by Gasteiger charge is -2.07. The molecule has 0 radical (unpaired) electrons. The molecule has 1 aromatic rings. The molecule has 1 aromatic carbocycles. The van der Waals surface area contributed by atoms with Gasteiger partial charge in [0.1, 0.15) is 11.9 Å². The fourth-order valence-corrected chi connectivity index (χ4v) is 1.74. The van der Waals surface area contributed by atoms with Gasteiger partial charge in [-0.2, -0.15) is 0 Å². The maximum atomic E-state index is 5.75. The second kappa shape index (κ2) is 3.18. The number of para-hydroxylation sites is 1. The highest BCUT2D eigenvalue weighted by Gasteiger charge is 2.20. The van der Waals surface area contributed by atoms with Crippen molar-refractivity contribution >= 4 is 0 Å². The van der Waals surface area contributed by atoms with Crippen LogP contribution in [0.25, 0.3) is 0 Å². The van der Waals surface area contributed by atoms with Crippen LogP contribution in [0.5, 0.6) is 5.75 Å². The van der Waals surface area contributed by atoms with E-state index in [0.29, 0.717) is 6.10 Å². The number of rotatable bonds is 2. The SMILES string of the molecule is CCCC1Cc2ccccc2O1. The van der Waals surface area contributed by atoms with Gasteiger partial charge in [-0.3, -0.25) is 0 Å². The molecule has 0 aliphatic carbocycles. The van der Waals surface area contributed by atoms with Gasteiger partial charge in [-0.15, -0.1) is 0 Å². The molecule has 2 rings (SSSR count). The van der Waals surface area contributed by atoms with E-state index in [-0.39, 0.29) is 0 Å². The third-order valence-corrected chi connectivity index (χ3v) is 2.32. The van der Waals surface area contributed by atoms with E-state index in [1.807, 2.05) is 6.07 Å². The Morgan fingerprint density at radius 3 is 3.00 bits per heavy atom. The Hall–Kier alpha value is -0.980. The van der Waals surface area contributed by atoms with E-state index in [2.05, 4.69) is 25.1 Å². The van der Waals surface area contributed by atoms with Crippen molar-refractivity contribution in [2.24, 2.45) is 0 Å². The molecule has 0 saturated carbocycles. The van der Waals surface area contributed by atoms with E-state index in [1.54, 1.807) is 0 Å². The smallest absolute Gasteiger partial charge is 0.123 e. The molecular formula is C11H14O. The number of fused-ring (bicyclic) bond motifs is 1. The number of hydrogen-bond acceptors (Lipinski definition) is 1. The highest BCUT2D eigenvalue weighted by Crippen LogP contribution is 2.29. The Labute approximate surface area is 73.4 Å². The summed E-state index contributed by atoms with van der Waals surface area (Å²) >= 11 is 0. The fraction of sp³-hybridized carbons (Fsp3) is 0.455. The van der Waals surface area contributed by atoms with Crippen LogP contribution in [0.15, 0.2) is 24.3 Å². The van der Waals surface area contributed by atoms with Crippen molar-refractivity contribution in [2.75, 3.05) is 0 Å². The zero-order valence-electron chi connectivity index (χ0n) is 7.42. The van der Waals surface area contributed by atoms with Crippen LogP contribution < -0.4 is 4.74 Å². The van der Waals surface area contributed by atoms with Gasteiger partial charge in [-0.25, -0.2) is 0 Å². The van der Waals surface area contributed by atoms with Gasteiger partial charge in [0.25, 0.3) is 0 Å². The minimum Gasteiger partial charge on any atom is -0.490 e. The summed E-state index contributed by atoms with van der Waals surface area (Å²) in [7, 11) is 0. The average Bonchev–Trinajstić information content (AvgIpc) is 2.47. The standard InChI is InChI=1S/C11H14O/c1-2-5-10-8-9-6-3-4-7-11(9)12-10/h3-4,6-7,10H,2,5,8H2,1H3. The number of ether oxygens (including phenoxy) is 1. The summed E-state index contributed by atoms with van der Waals surface area (Å²) in [4.78, 5) is 0. The summed E-state index contributed by atoms with van der Waals surface area (Å²) in [6.45, 7) is 2.20. The van der Waals surface area contributed by atoms with Crippen molar-refractivity contribution in [3.63, 3.8) is 0 Å². The van der Waals surface area contributed by atoms with Gasteiger partial charge < -0.3 is 4.74 Å². The van der Waals surface area contributed by atoms with Crippen LogP contribution >= 0.6 is 0 Å². The predicted molar refractivity (Wildman–Crippen MR) is 49.5 cm³/mol. The Kier molecular flexibility index (Phi) is 2.03. The summed E-state index contributed by atoms with van der Waals surface area (Å²) in [5, 5.41) is 0. The lowest BCUT2D eigenvalue weighted by Crippen LogP contribution is -2.11. The van der Waals surface area contributed by atoms with Crippen LogP contribution in [0.4, 0.5) is 0 Å². The van der Waals surface area contributed by atoms with Crippen molar-refractivity contribution in [2.45, 2.75) is 32.3 Å². The van der Waals surface area contributed by atoms with Crippen molar-refractivity contribution in [1.29, 1.82) is 0 Å². The van der Waals surface area contributed by atoms with Crippen LogP contribution in [0, 0.1) is 0 Å². The molecule has 1 nitrogen and oxygen atoms in total. The van der Waals surface area contributed by atoms with E-state index in [0.717, 1.165) is 12.2 Å². The minimum atomic E-state index is 0.437. The predicted octanol–water partition coefficient (Wildman–Crippen LogP) is 2.79. The molecule has 0 saturated heterocycles. The van der Waals surface area contributed by atoms with Crippen LogP contribution in [0.1, 0.15) is 25.3 Å². The summed E-state index contributed by atoms with van der Waals surface area (Å²) in [5.74, 6) is 1.09. The van der Waals surface area contributed by atoms with Gasteiger partial charge in [0, 0.05) is 6.42 Å². The van der Waals surface area contributed by atoms with Gasteiger partial charge in [-0.05, 0) is 18.1 Å². The van der Waals surface area contributed by atoms with E-state index in [1.165, 1.54) is 18.4 Å². The highest BCUT2D eigenvalue weighted by atomic mass is 16.5. The molecule has 0 amide bonds. The third-order valence-electron chi connectivity index (χ3n) is 2.32. The molecule has 1 aliphatic heterocycles. The van der Waals surface area contributed by atoms with E-state index in [9.17, 15) is 0 Å². The first-order valence-corrected chi connectivity index (χ1v) is 4.64. The quantitative estimate of drug-likeness (QED) is 0.649. The molecule has 1 heterocycles. The second-order valence-corrected chi connectivity index (χ2v) is 3.34. The summed E-state index contributed by atoms with van der Waals surface area (Å²) in [6, 6.07) is 8.33. The summed E-state index contributed by atoms with van der Waals surface area (Å²) < 4.78 is 5.75. The van der Waals surface area contributed by atoms with Gasteiger partial charge in [0.05, 0.1) is 0 Å². The number of hydrogen-bond donors (Lipinski definition) is 0. The van der Waals surface area contributed by atoms with Gasteiger partial charge in [0.2, 0.25) is 0 Å².